The van der Waals surface area contributed by atoms with Crippen molar-refractivity contribution in [1.29, 1.82) is 0 Å². The molecule has 0 saturated carbocycles. The van der Waals surface area contributed by atoms with E-state index in [-0.39, 0.29) is 0 Å². The molecule has 86 valence electrons. The van der Waals surface area contributed by atoms with Crippen molar-refractivity contribution in [2.75, 3.05) is 27.2 Å². The number of unbranched alkanes of at least 4 members (excludes halogenated alkanes) is 1. The number of rotatable bonds is 9. The summed E-state index contributed by atoms with van der Waals surface area (Å²) >= 11 is 0. The zero-order chi connectivity index (χ0) is 10.8. The van der Waals surface area contributed by atoms with Gasteiger partial charge in [0.25, 0.3) is 0 Å². The summed E-state index contributed by atoms with van der Waals surface area (Å²) in [6, 6.07) is 0.749. The van der Waals surface area contributed by atoms with Crippen LogP contribution >= 0.6 is 0 Å². The third kappa shape index (κ3) is 8.52. The van der Waals surface area contributed by atoms with Crippen LogP contribution < -0.4 is 5.32 Å². The van der Waals surface area contributed by atoms with Gasteiger partial charge in [0.15, 0.2) is 0 Å². The van der Waals surface area contributed by atoms with Crippen LogP contribution in [0.3, 0.4) is 0 Å². The lowest BCUT2D eigenvalue weighted by Crippen LogP contribution is -2.29. The van der Waals surface area contributed by atoms with Crippen molar-refractivity contribution in [3.8, 4) is 0 Å². The highest BCUT2D eigenvalue weighted by atomic mass is 15.0. The van der Waals surface area contributed by atoms with Crippen molar-refractivity contribution in [3.63, 3.8) is 0 Å². The van der Waals surface area contributed by atoms with Gasteiger partial charge in [0.05, 0.1) is 0 Å². The van der Waals surface area contributed by atoms with Crippen molar-refractivity contribution >= 4 is 0 Å². The Labute approximate surface area is 90.1 Å². The molecule has 0 bridgehead atoms. The number of nitrogens with one attached hydrogen (secondary N) is 1. The molecule has 0 amide bonds. The molecule has 0 fully saturated rings. The maximum Gasteiger partial charge on any atom is 0.00643 e. The summed E-state index contributed by atoms with van der Waals surface area (Å²) in [5.41, 5.74) is 0. The SMILES string of the molecule is CCCC(CC)NCCCCN(C)C. The van der Waals surface area contributed by atoms with E-state index in [9.17, 15) is 0 Å². The fraction of sp³-hybridized carbons (Fsp3) is 1.00. The van der Waals surface area contributed by atoms with Gasteiger partial charge in [0.2, 0.25) is 0 Å². The van der Waals surface area contributed by atoms with Crippen LogP contribution in [-0.2, 0) is 0 Å². The number of nitrogens with zero attached hydrogens (tertiary/aromatic N) is 1. The second kappa shape index (κ2) is 9.47. The van der Waals surface area contributed by atoms with E-state index in [1.54, 1.807) is 0 Å². The van der Waals surface area contributed by atoms with E-state index in [0.717, 1.165) is 6.04 Å². The average molecular weight is 200 g/mol. The molecule has 0 spiro atoms. The van der Waals surface area contributed by atoms with Gasteiger partial charge in [-0.25, -0.2) is 0 Å². The van der Waals surface area contributed by atoms with E-state index in [1.165, 1.54) is 45.2 Å². The third-order valence-corrected chi connectivity index (χ3v) is 2.60. The van der Waals surface area contributed by atoms with Gasteiger partial charge >= 0.3 is 0 Å². The van der Waals surface area contributed by atoms with E-state index in [1.807, 2.05) is 0 Å². The molecule has 0 saturated heterocycles. The molecule has 0 radical (unpaired) electrons. The smallest absolute Gasteiger partial charge is 0.00643 e. The van der Waals surface area contributed by atoms with E-state index >= 15 is 0 Å². The Bertz CT molecular complexity index is 113. The van der Waals surface area contributed by atoms with Crippen LogP contribution in [0.1, 0.15) is 46.0 Å². The molecule has 0 aliphatic heterocycles. The highest BCUT2D eigenvalue weighted by Gasteiger charge is 2.02. The quantitative estimate of drug-likeness (QED) is 0.575. The second-order valence-electron chi connectivity index (χ2n) is 4.36. The topological polar surface area (TPSA) is 15.3 Å². The van der Waals surface area contributed by atoms with Gasteiger partial charge in [-0.3, -0.25) is 0 Å². The van der Waals surface area contributed by atoms with Crippen LogP contribution in [0.5, 0.6) is 0 Å². The molecule has 2 heteroatoms. The highest BCUT2D eigenvalue weighted by molar-refractivity contribution is 4.63. The van der Waals surface area contributed by atoms with Crippen molar-refractivity contribution in [2.24, 2.45) is 0 Å². The van der Waals surface area contributed by atoms with E-state index < -0.39 is 0 Å². The van der Waals surface area contributed by atoms with Crippen LogP contribution in [0.25, 0.3) is 0 Å². The largest absolute Gasteiger partial charge is 0.314 e. The van der Waals surface area contributed by atoms with Crippen molar-refractivity contribution < 1.29 is 0 Å². The highest BCUT2D eigenvalue weighted by Crippen LogP contribution is 2.01. The Balaban J connectivity index is 3.24. The van der Waals surface area contributed by atoms with Crippen LogP contribution in [0.2, 0.25) is 0 Å². The molecule has 1 unspecified atom stereocenters. The standard InChI is InChI=1S/C12H28N2/c1-5-9-12(6-2)13-10-7-8-11-14(3)4/h12-13H,5-11H2,1-4H3. The Kier molecular flexibility index (Phi) is 9.42. The lowest BCUT2D eigenvalue weighted by atomic mass is 10.1. The molecule has 0 rings (SSSR count). The van der Waals surface area contributed by atoms with Crippen molar-refractivity contribution in [3.05, 3.63) is 0 Å². The fourth-order valence-electron chi connectivity index (χ4n) is 1.66. The molecular formula is C12H28N2. The second-order valence-corrected chi connectivity index (χ2v) is 4.36. The number of hydrogen-bond acceptors (Lipinski definition) is 2. The zero-order valence-electron chi connectivity index (χ0n) is 10.5. The summed E-state index contributed by atoms with van der Waals surface area (Å²) in [5.74, 6) is 0. The number of hydrogen-bond donors (Lipinski definition) is 1. The van der Waals surface area contributed by atoms with Crippen LogP contribution in [-0.4, -0.2) is 38.1 Å². The maximum absolute atomic E-state index is 3.63. The third-order valence-electron chi connectivity index (χ3n) is 2.60. The van der Waals surface area contributed by atoms with Crippen LogP contribution in [0.15, 0.2) is 0 Å². The minimum absolute atomic E-state index is 0.749. The van der Waals surface area contributed by atoms with Crippen molar-refractivity contribution in [1.82, 2.24) is 10.2 Å². The minimum Gasteiger partial charge on any atom is -0.314 e. The Morgan fingerprint density at radius 1 is 1.14 bits per heavy atom. The molecule has 1 atom stereocenters. The van der Waals surface area contributed by atoms with Gasteiger partial charge in [-0.15, -0.1) is 0 Å². The first-order valence-corrected chi connectivity index (χ1v) is 6.08. The molecule has 0 aliphatic carbocycles. The van der Waals surface area contributed by atoms with Gasteiger partial charge in [-0.05, 0) is 52.9 Å². The first-order chi connectivity index (χ1) is 6.70. The lowest BCUT2D eigenvalue weighted by molar-refractivity contribution is 0.383. The Morgan fingerprint density at radius 2 is 1.86 bits per heavy atom. The van der Waals surface area contributed by atoms with Gasteiger partial charge in [-0.1, -0.05) is 20.3 Å². The summed E-state index contributed by atoms with van der Waals surface area (Å²) in [7, 11) is 4.28. The molecular weight excluding hydrogens is 172 g/mol. The monoisotopic (exact) mass is 200 g/mol. The van der Waals surface area contributed by atoms with Gasteiger partial charge < -0.3 is 10.2 Å². The first-order valence-electron chi connectivity index (χ1n) is 6.08. The fourth-order valence-corrected chi connectivity index (χ4v) is 1.66. The molecule has 2 nitrogen and oxygen atoms in total. The van der Waals surface area contributed by atoms with Gasteiger partial charge in [-0.2, -0.15) is 0 Å². The molecule has 1 N–H and O–H groups in total. The Hall–Kier alpha value is -0.0800. The average Bonchev–Trinajstić information content (AvgIpc) is 2.15. The maximum atomic E-state index is 3.63. The van der Waals surface area contributed by atoms with E-state index in [0.29, 0.717) is 0 Å². The summed E-state index contributed by atoms with van der Waals surface area (Å²) in [5, 5.41) is 3.63. The zero-order valence-corrected chi connectivity index (χ0v) is 10.5. The molecule has 0 aromatic carbocycles. The molecule has 0 aromatic heterocycles. The van der Waals surface area contributed by atoms with Crippen LogP contribution in [0.4, 0.5) is 0 Å². The molecule has 0 heterocycles. The minimum atomic E-state index is 0.749. The van der Waals surface area contributed by atoms with Crippen molar-refractivity contribution in [2.45, 2.75) is 52.0 Å². The molecule has 0 aliphatic rings. The Morgan fingerprint density at radius 3 is 2.36 bits per heavy atom. The first kappa shape index (κ1) is 13.9. The van der Waals surface area contributed by atoms with Gasteiger partial charge in [0, 0.05) is 6.04 Å². The summed E-state index contributed by atoms with van der Waals surface area (Å²) in [6.45, 7) is 6.93. The lowest BCUT2D eigenvalue weighted by Gasteiger charge is -2.16. The summed E-state index contributed by atoms with van der Waals surface area (Å²) in [4.78, 5) is 2.25. The summed E-state index contributed by atoms with van der Waals surface area (Å²) < 4.78 is 0. The predicted molar refractivity (Wildman–Crippen MR) is 64.8 cm³/mol. The molecule has 0 aromatic rings. The molecule has 14 heavy (non-hydrogen) atoms. The van der Waals surface area contributed by atoms with E-state index in [4.69, 9.17) is 0 Å². The summed E-state index contributed by atoms with van der Waals surface area (Å²) in [6.07, 6.45) is 6.50. The van der Waals surface area contributed by atoms with E-state index in [2.05, 4.69) is 38.2 Å². The normalized spacial score (nSPS) is 13.5. The van der Waals surface area contributed by atoms with Gasteiger partial charge in [0.1, 0.15) is 0 Å². The predicted octanol–water partition coefficient (Wildman–Crippen LogP) is 2.50. The van der Waals surface area contributed by atoms with Crippen LogP contribution in [0, 0.1) is 0 Å².